The smallest absolute Gasteiger partial charge is 0.191 e. The Balaban J connectivity index is 1.65. The molecule has 0 bridgehead atoms. The number of aryl methyl sites for hydroxylation is 1. The van der Waals surface area contributed by atoms with Crippen LogP contribution in [0.3, 0.4) is 0 Å². The quantitative estimate of drug-likeness (QED) is 0.500. The number of rotatable bonds is 9. The molecule has 0 spiro atoms. The highest BCUT2D eigenvalue weighted by atomic mass is 16.5. The molecule has 0 atom stereocenters. The molecule has 2 N–H and O–H groups in total. The number of guanidine groups is 1. The number of hydrogen-bond acceptors (Lipinski definition) is 4. The molecule has 0 aliphatic heterocycles. The molecular weight excluding hydrogens is 366 g/mol. The first-order valence-corrected chi connectivity index (χ1v) is 10.5. The highest BCUT2D eigenvalue weighted by Crippen LogP contribution is 2.35. The van der Waals surface area contributed by atoms with Gasteiger partial charge in [-0.25, -0.2) is 4.99 Å². The lowest BCUT2D eigenvalue weighted by molar-refractivity contribution is 0.198. The molecule has 158 valence electrons. The van der Waals surface area contributed by atoms with Crippen LogP contribution in [0.2, 0.25) is 0 Å². The third kappa shape index (κ3) is 6.14. The van der Waals surface area contributed by atoms with E-state index in [4.69, 9.17) is 14.5 Å². The zero-order valence-corrected chi connectivity index (χ0v) is 17.8. The maximum Gasteiger partial charge on any atom is 0.191 e. The molecule has 1 aliphatic rings. The van der Waals surface area contributed by atoms with Crippen LogP contribution < -0.4 is 20.1 Å². The Kier molecular flexibility index (Phi) is 7.78. The van der Waals surface area contributed by atoms with E-state index in [1.807, 2.05) is 36.1 Å². The largest absolute Gasteiger partial charge is 0.493 e. The predicted molar refractivity (Wildman–Crippen MR) is 116 cm³/mol. The number of benzene rings is 1. The van der Waals surface area contributed by atoms with E-state index in [9.17, 15) is 0 Å². The normalized spacial score (nSPS) is 14.8. The molecule has 3 rings (SSSR count). The van der Waals surface area contributed by atoms with Crippen molar-refractivity contribution < 1.29 is 9.47 Å². The first kappa shape index (κ1) is 21.0. The molecule has 1 saturated carbocycles. The Morgan fingerprint density at radius 2 is 2.10 bits per heavy atom. The first-order chi connectivity index (χ1) is 14.2. The second-order valence-electron chi connectivity index (χ2n) is 7.38. The van der Waals surface area contributed by atoms with Crippen LogP contribution in [0.5, 0.6) is 11.5 Å². The van der Waals surface area contributed by atoms with E-state index in [0.29, 0.717) is 6.54 Å². The zero-order chi connectivity index (χ0) is 20.5. The number of hydrogen-bond donors (Lipinski definition) is 2. The lowest BCUT2D eigenvalue weighted by atomic mass is 10.1. The number of methoxy groups -OCH3 is 1. The second kappa shape index (κ2) is 10.7. The van der Waals surface area contributed by atoms with Gasteiger partial charge in [-0.05, 0) is 51.2 Å². The fourth-order valence-electron chi connectivity index (χ4n) is 3.54. The summed E-state index contributed by atoms with van der Waals surface area (Å²) in [7, 11) is 1.69. The molecule has 0 saturated heterocycles. The van der Waals surface area contributed by atoms with E-state index >= 15 is 0 Å². The standard InChI is InChI=1S/C22H33N5O2/c1-4-23-22(24-12-13-27-16-17(2)14-26-27)25-15-18-8-7-11-20(28-3)21(18)29-19-9-5-6-10-19/h7-8,11,14,16,19H,4-6,9-10,12-13,15H2,1-3H3,(H2,23,24,25). The van der Waals surface area contributed by atoms with Crippen molar-refractivity contribution in [2.45, 2.75) is 58.7 Å². The van der Waals surface area contributed by atoms with Gasteiger partial charge in [0.25, 0.3) is 0 Å². The molecule has 1 aromatic heterocycles. The third-order valence-electron chi connectivity index (χ3n) is 5.01. The Hall–Kier alpha value is -2.70. The van der Waals surface area contributed by atoms with Crippen LogP contribution in [0.25, 0.3) is 0 Å². The molecular formula is C22H33N5O2. The number of nitrogens with zero attached hydrogens (tertiary/aromatic N) is 3. The van der Waals surface area contributed by atoms with Gasteiger partial charge in [-0.2, -0.15) is 5.10 Å². The zero-order valence-electron chi connectivity index (χ0n) is 17.8. The fraction of sp³-hybridized carbons (Fsp3) is 0.545. The van der Waals surface area contributed by atoms with E-state index in [1.54, 1.807) is 7.11 Å². The maximum absolute atomic E-state index is 6.32. The molecule has 29 heavy (non-hydrogen) atoms. The van der Waals surface area contributed by atoms with Gasteiger partial charge in [-0.3, -0.25) is 4.68 Å². The van der Waals surface area contributed by atoms with E-state index < -0.39 is 0 Å². The van der Waals surface area contributed by atoms with Crippen LogP contribution >= 0.6 is 0 Å². The van der Waals surface area contributed by atoms with Gasteiger partial charge in [0.05, 0.1) is 32.5 Å². The van der Waals surface area contributed by atoms with Crippen molar-refractivity contribution in [3.05, 3.63) is 41.7 Å². The van der Waals surface area contributed by atoms with Gasteiger partial charge < -0.3 is 20.1 Å². The molecule has 1 aliphatic carbocycles. The third-order valence-corrected chi connectivity index (χ3v) is 5.01. The number of aromatic nitrogens is 2. The summed E-state index contributed by atoms with van der Waals surface area (Å²) in [6, 6.07) is 6.00. The summed E-state index contributed by atoms with van der Waals surface area (Å²) in [5.41, 5.74) is 2.20. The lowest BCUT2D eigenvalue weighted by Gasteiger charge is -2.19. The van der Waals surface area contributed by atoms with E-state index in [2.05, 4.69) is 28.7 Å². The molecule has 2 aromatic rings. The Bertz CT molecular complexity index is 796. The highest BCUT2D eigenvalue weighted by molar-refractivity contribution is 5.79. The molecule has 1 aromatic carbocycles. The first-order valence-electron chi connectivity index (χ1n) is 10.5. The Morgan fingerprint density at radius 1 is 1.28 bits per heavy atom. The number of ether oxygens (including phenoxy) is 2. The lowest BCUT2D eigenvalue weighted by Crippen LogP contribution is -2.38. The van der Waals surface area contributed by atoms with E-state index in [1.165, 1.54) is 18.4 Å². The average Bonchev–Trinajstić information content (AvgIpc) is 3.38. The van der Waals surface area contributed by atoms with Crippen molar-refractivity contribution in [3.8, 4) is 11.5 Å². The van der Waals surface area contributed by atoms with Gasteiger partial charge in [0.2, 0.25) is 0 Å². The van der Waals surface area contributed by atoms with Crippen molar-refractivity contribution in [1.82, 2.24) is 20.4 Å². The van der Waals surface area contributed by atoms with Gasteiger partial charge >= 0.3 is 0 Å². The summed E-state index contributed by atoms with van der Waals surface area (Å²) in [4.78, 5) is 4.76. The summed E-state index contributed by atoms with van der Waals surface area (Å²) >= 11 is 0. The minimum atomic E-state index is 0.276. The highest BCUT2D eigenvalue weighted by Gasteiger charge is 2.20. The van der Waals surface area contributed by atoms with Gasteiger partial charge in [0.15, 0.2) is 17.5 Å². The average molecular weight is 400 g/mol. The second-order valence-corrected chi connectivity index (χ2v) is 7.38. The van der Waals surface area contributed by atoms with Gasteiger partial charge in [-0.1, -0.05) is 12.1 Å². The summed E-state index contributed by atoms with van der Waals surface area (Å²) in [6.07, 6.45) is 8.87. The van der Waals surface area contributed by atoms with Crippen molar-refractivity contribution in [1.29, 1.82) is 0 Å². The van der Waals surface area contributed by atoms with Crippen LogP contribution in [-0.4, -0.2) is 42.0 Å². The summed E-state index contributed by atoms with van der Waals surface area (Å²) in [5.74, 6) is 2.39. The van der Waals surface area contributed by atoms with Crippen molar-refractivity contribution >= 4 is 5.96 Å². The summed E-state index contributed by atoms with van der Waals surface area (Å²) in [5, 5.41) is 11.0. The SMILES string of the molecule is CCNC(=NCc1cccc(OC)c1OC1CCCC1)NCCn1cc(C)cn1. The van der Waals surface area contributed by atoms with Crippen LogP contribution in [0.15, 0.2) is 35.6 Å². The fourth-order valence-corrected chi connectivity index (χ4v) is 3.54. The van der Waals surface area contributed by atoms with Crippen LogP contribution in [-0.2, 0) is 13.1 Å². The minimum absolute atomic E-state index is 0.276. The van der Waals surface area contributed by atoms with E-state index in [0.717, 1.165) is 55.5 Å². The minimum Gasteiger partial charge on any atom is -0.493 e. The predicted octanol–water partition coefficient (Wildman–Crippen LogP) is 3.28. The molecule has 0 unspecified atom stereocenters. The maximum atomic E-state index is 6.32. The van der Waals surface area contributed by atoms with Crippen LogP contribution in [0, 0.1) is 6.92 Å². The molecule has 7 nitrogen and oxygen atoms in total. The van der Waals surface area contributed by atoms with Gasteiger partial charge in [-0.15, -0.1) is 0 Å². The van der Waals surface area contributed by atoms with E-state index in [-0.39, 0.29) is 6.10 Å². The topological polar surface area (TPSA) is 72.7 Å². The van der Waals surface area contributed by atoms with Crippen molar-refractivity contribution in [2.24, 2.45) is 4.99 Å². The van der Waals surface area contributed by atoms with Crippen LogP contribution in [0.4, 0.5) is 0 Å². The Morgan fingerprint density at radius 3 is 2.79 bits per heavy atom. The summed E-state index contributed by atoms with van der Waals surface area (Å²) in [6.45, 7) is 6.96. The molecule has 1 heterocycles. The number of para-hydroxylation sites is 1. The van der Waals surface area contributed by atoms with Gasteiger partial charge in [0, 0.05) is 24.8 Å². The molecule has 0 radical (unpaired) electrons. The number of aliphatic imine (C=N–C) groups is 1. The molecule has 7 heteroatoms. The summed E-state index contributed by atoms with van der Waals surface area (Å²) < 4.78 is 13.8. The monoisotopic (exact) mass is 399 g/mol. The van der Waals surface area contributed by atoms with Crippen molar-refractivity contribution in [3.63, 3.8) is 0 Å². The van der Waals surface area contributed by atoms with Gasteiger partial charge in [0.1, 0.15) is 0 Å². The van der Waals surface area contributed by atoms with Crippen LogP contribution in [0.1, 0.15) is 43.7 Å². The molecule has 0 amide bonds. The van der Waals surface area contributed by atoms with Crippen molar-refractivity contribution in [2.75, 3.05) is 20.2 Å². The molecule has 1 fully saturated rings. The Labute approximate surface area is 173 Å². The number of nitrogens with one attached hydrogen (secondary N) is 2.